The zero-order valence-electron chi connectivity index (χ0n) is 22.2. The van der Waals surface area contributed by atoms with Crippen LogP contribution in [0.4, 0.5) is 30.5 Å². The molecule has 0 unspecified atom stereocenters. The molecular formula is C27H32F3N5O3S. The molecule has 4 heterocycles. The van der Waals surface area contributed by atoms with Gasteiger partial charge in [0.15, 0.2) is 6.10 Å². The van der Waals surface area contributed by atoms with Crippen LogP contribution in [0.1, 0.15) is 50.4 Å². The normalized spacial score (nSPS) is 23.8. The number of aromatic nitrogens is 3. The average Bonchev–Trinajstić information content (AvgIpc) is 3.36. The fourth-order valence-electron chi connectivity index (χ4n) is 5.46. The highest BCUT2D eigenvalue weighted by atomic mass is 32.2. The maximum absolute atomic E-state index is 13.0. The molecule has 2 aromatic heterocycles. The van der Waals surface area contributed by atoms with Gasteiger partial charge in [0.2, 0.25) is 0 Å². The lowest BCUT2D eigenvalue weighted by Gasteiger charge is -2.48. The molecule has 0 radical (unpaired) electrons. The summed E-state index contributed by atoms with van der Waals surface area (Å²) >= 11 is 0. The van der Waals surface area contributed by atoms with E-state index in [1.165, 1.54) is 12.5 Å². The van der Waals surface area contributed by atoms with Crippen LogP contribution in [-0.2, 0) is 14.6 Å². The molecule has 2 aliphatic rings. The van der Waals surface area contributed by atoms with Crippen molar-refractivity contribution in [3.05, 3.63) is 48.0 Å². The van der Waals surface area contributed by atoms with Crippen LogP contribution in [0.2, 0.25) is 0 Å². The summed E-state index contributed by atoms with van der Waals surface area (Å²) in [5.74, 6) is 1.24. The first-order valence-electron chi connectivity index (χ1n) is 13.0. The third-order valence-corrected chi connectivity index (χ3v) is 8.66. The number of halogens is 3. The number of benzene rings is 1. The second kappa shape index (κ2) is 10.2. The van der Waals surface area contributed by atoms with Gasteiger partial charge in [0, 0.05) is 54.1 Å². The van der Waals surface area contributed by atoms with E-state index in [4.69, 9.17) is 4.74 Å². The predicted molar refractivity (Wildman–Crippen MR) is 144 cm³/mol. The number of alkyl halides is 3. The lowest BCUT2D eigenvalue weighted by Crippen LogP contribution is -2.57. The molecule has 8 nitrogen and oxygen atoms in total. The van der Waals surface area contributed by atoms with Gasteiger partial charge in [-0.2, -0.15) is 13.2 Å². The molecular weight excluding hydrogens is 531 g/mol. The Bertz CT molecular complexity index is 1480. The lowest BCUT2D eigenvalue weighted by atomic mass is 9.88. The SMILES string of the molecule is CC(C)c1ccc(N2C[C@H](CS(C)(=O)=O)[C@H]2C)c2cnc(Nc3ccnc([C@H]4CO[C@H](C(F)(F)F)C4)n3)cc12. The van der Waals surface area contributed by atoms with Crippen molar-refractivity contribution in [2.75, 3.05) is 35.4 Å². The van der Waals surface area contributed by atoms with Gasteiger partial charge in [-0.05, 0) is 48.4 Å². The summed E-state index contributed by atoms with van der Waals surface area (Å²) in [7, 11) is -3.05. The van der Waals surface area contributed by atoms with Gasteiger partial charge < -0.3 is 15.0 Å². The Balaban J connectivity index is 1.40. The minimum atomic E-state index is -4.41. The highest BCUT2D eigenvalue weighted by Gasteiger charge is 2.46. The highest BCUT2D eigenvalue weighted by molar-refractivity contribution is 7.90. The number of ether oxygens (including phenoxy) is 1. The Hall–Kier alpha value is -2.99. The van der Waals surface area contributed by atoms with Crippen molar-refractivity contribution < 1.29 is 26.3 Å². The van der Waals surface area contributed by atoms with E-state index in [0.29, 0.717) is 24.0 Å². The molecule has 2 aliphatic heterocycles. The van der Waals surface area contributed by atoms with Crippen molar-refractivity contribution >= 4 is 37.9 Å². The van der Waals surface area contributed by atoms with E-state index in [-0.39, 0.29) is 36.7 Å². The van der Waals surface area contributed by atoms with Crippen LogP contribution in [0.25, 0.3) is 10.8 Å². The van der Waals surface area contributed by atoms with Crippen molar-refractivity contribution in [1.29, 1.82) is 0 Å². The van der Waals surface area contributed by atoms with Gasteiger partial charge in [-0.1, -0.05) is 19.9 Å². The molecule has 5 rings (SSSR count). The number of nitrogens with one attached hydrogen (secondary N) is 1. The van der Waals surface area contributed by atoms with Crippen LogP contribution in [0.5, 0.6) is 0 Å². The third kappa shape index (κ3) is 5.81. The summed E-state index contributed by atoms with van der Waals surface area (Å²) in [6.45, 7) is 6.86. The fraction of sp³-hybridized carbons (Fsp3) is 0.519. The van der Waals surface area contributed by atoms with E-state index < -0.39 is 28.0 Å². The molecule has 210 valence electrons. The lowest BCUT2D eigenvalue weighted by molar-refractivity contribution is -0.206. The second-order valence-corrected chi connectivity index (χ2v) is 13.1. The summed E-state index contributed by atoms with van der Waals surface area (Å²) < 4.78 is 67.6. The maximum Gasteiger partial charge on any atom is 0.414 e. The van der Waals surface area contributed by atoms with E-state index in [9.17, 15) is 21.6 Å². The van der Waals surface area contributed by atoms with Crippen LogP contribution in [0.15, 0.2) is 36.7 Å². The van der Waals surface area contributed by atoms with Gasteiger partial charge in [-0.25, -0.2) is 23.4 Å². The van der Waals surface area contributed by atoms with E-state index >= 15 is 0 Å². The number of hydrogen-bond donors (Lipinski definition) is 1. The number of hydrogen-bond acceptors (Lipinski definition) is 8. The van der Waals surface area contributed by atoms with Crippen LogP contribution < -0.4 is 10.2 Å². The summed E-state index contributed by atoms with van der Waals surface area (Å²) in [6, 6.07) is 7.86. The minimum Gasteiger partial charge on any atom is -0.368 e. The molecule has 0 aliphatic carbocycles. The average molecular weight is 564 g/mol. The fourth-order valence-corrected chi connectivity index (χ4v) is 6.62. The van der Waals surface area contributed by atoms with Crippen LogP contribution in [0.3, 0.4) is 0 Å². The van der Waals surface area contributed by atoms with Crippen LogP contribution in [-0.4, -0.2) is 66.9 Å². The Morgan fingerprint density at radius 3 is 2.56 bits per heavy atom. The Kier molecular flexibility index (Phi) is 7.21. The Labute approximate surface area is 225 Å². The number of fused-ring (bicyclic) bond motifs is 1. The predicted octanol–water partition coefficient (Wildman–Crippen LogP) is 5.20. The molecule has 2 saturated heterocycles. The van der Waals surface area contributed by atoms with Gasteiger partial charge in [0.1, 0.15) is 27.3 Å². The largest absolute Gasteiger partial charge is 0.414 e. The van der Waals surface area contributed by atoms with Crippen molar-refractivity contribution in [2.24, 2.45) is 5.92 Å². The molecule has 0 bridgehead atoms. The molecule has 39 heavy (non-hydrogen) atoms. The second-order valence-electron chi connectivity index (χ2n) is 10.9. The molecule has 0 spiro atoms. The van der Waals surface area contributed by atoms with Gasteiger partial charge in [-0.3, -0.25) is 0 Å². The minimum absolute atomic E-state index is 0.0809. The summed E-state index contributed by atoms with van der Waals surface area (Å²) in [5.41, 5.74) is 2.15. The zero-order chi connectivity index (χ0) is 28.1. The van der Waals surface area contributed by atoms with Gasteiger partial charge in [0.05, 0.1) is 12.4 Å². The standard InChI is InChI=1S/C27H32F3N5O3S/c1-15(2)19-5-6-22(35-12-18(16(35)3)14-39(4,36)37)21-11-32-25(10-20(19)21)33-24-7-8-31-26(34-24)17-9-23(38-13-17)27(28,29)30/h5-8,10-11,15-18,23H,9,12-14H2,1-4H3,(H,31,32,33,34)/t16-,17-,18-,23+/m1/s1. The number of nitrogens with zero attached hydrogens (tertiary/aromatic N) is 4. The van der Waals surface area contributed by atoms with Gasteiger partial charge in [0.25, 0.3) is 0 Å². The smallest absolute Gasteiger partial charge is 0.368 e. The van der Waals surface area contributed by atoms with Gasteiger partial charge in [-0.15, -0.1) is 0 Å². The molecule has 0 saturated carbocycles. The number of sulfone groups is 1. The molecule has 1 aromatic carbocycles. The molecule has 2 fully saturated rings. The first-order valence-corrected chi connectivity index (χ1v) is 15.0. The Morgan fingerprint density at radius 2 is 1.92 bits per heavy atom. The summed E-state index contributed by atoms with van der Waals surface area (Å²) in [4.78, 5) is 15.5. The van der Waals surface area contributed by atoms with E-state index in [2.05, 4.69) is 51.1 Å². The topological polar surface area (TPSA) is 97.3 Å². The van der Waals surface area contributed by atoms with Gasteiger partial charge >= 0.3 is 6.18 Å². The van der Waals surface area contributed by atoms with E-state index in [1.807, 2.05) is 13.0 Å². The monoisotopic (exact) mass is 563 g/mol. The zero-order valence-corrected chi connectivity index (χ0v) is 23.1. The quantitative estimate of drug-likeness (QED) is 0.419. The first kappa shape index (κ1) is 27.6. The van der Waals surface area contributed by atoms with Crippen molar-refractivity contribution in [3.8, 4) is 0 Å². The molecule has 0 amide bonds. The molecule has 4 atom stereocenters. The maximum atomic E-state index is 13.0. The number of anilines is 3. The number of rotatable bonds is 7. The van der Waals surface area contributed by atoms with Crippen molar-refractivity contribution in [3.63, 3.8) is 0 Å². The van der Waals surface area contributed by atoms with Crippen LogP contribution in [0, 0.1) is 5.92 Å². The van der Waals surface area contributed by atoms with Crippen molar-refractivity contribution in [1.82, 2.24) is 15.0 Å². The highest BCUT2D eigenvalue weighted by Crippen LogP contribution is 2.40. The first-order chi connectivity index (χ1) is 18.3. The molecule has 3 aromatic rings. The van der Waals surface area contributed by atoms with E-state index in [0.717, 1.165) is 22.0 Å². The molecule has 12 heteroatoms. The van der Waals surface area contributed by atoms with E-state index in [1.54, 1.807) is 12.3 Å². The summed E-state index contributed by atoms with van der Waals surface area (Å²) in [6.07, 6.45) is -1.82. The third-order valence-electron chi connectivity index (χ3n) is 7.62. The number of pyridine rings is 1. The van der Waals surface area contributed by atoms with Crippen molar-refractivity contribution in [2.45, 2.75) is 57.3 Å². The Morgan fingerprint density at radius 1 is 1.15 bits per heavy atom. The van der Waals surface area contributed by atoms with Crippen LogP contribution >= 0.6 is 0 Å². The summed E-state index contributed by atoms with van der Waals surface area (Å²) in [5, 5.41) is 5.17. The molecule has 1 N–H and O–H groups in total.